The van der Waals surface area contributed by atoms with Gasteiger partial charge < -0.3 is 18.8 Å². The Hall–Kier alpha value is -3.47. The molecule has 5 heteroatoms. The summed E-state index contributed by atoms with van der Waals surface area (Å²) in [7, 11) is 3.29. The van der Waals surface area contributed by atoms with Crippen LogP contribution in [0.2, 0.25) is 0 Å². The van der Waals surface area contributed by atoms with E-state index in [1.54, 1.807) is 14.2 Å². The lowest BCUT2D eigenvalue weighted by Gasteiger charge is -2.13. The molecule has 1 aromatic heterocycles. The first-order valence-corrected chi connectivity index (χ1v) is 9.11. The molecule has 3 aromatic carbocycles. The first-order valence-electron chi connectivity index (χ1n) is 9.11. The average Bonchev–Trinajstić information content (AvgIpc) is 3.10. The van der Waals surface area contributed by atoms with Crippen LogP contribution in [0.25, 0.3) is 11.0 Å². The molecule has 0 atom stereocenters. The van der Waals surface area contributed by atoms with Crippen molar-refractivity contribution < 1.29 is 14.2 Å². The number of fused-ring (bicyclic) bond motifs is 1. The SMILES string of the molecule is COc1ccc(Cn2c(COc3ccccc3)nc3ccccc32)cc1OC. The van der Waals surface area contributed by atoms with Crippen LogP contribution in [-0.4, -0.2) is 23.8 Å². The highest BCUT2D eigenvalue weighted by Crippen LogP contribution is 2.29. The molecule has 0 amide bonds. The Kier molecular flexibility index (Phi) is 5.15. The molecule has 5 nitrogen and oxygen atoms in total. The van der Waals surface area contributed by atoms with Crippen molar-refractivity contribution in [1.29, 1.82) is 0 Å². The molecule has 0 fully saturated rings. The molecule has 142 valence electrons. The number of rotatable bonds is 7. The molecule has 0 spiro atoms. The van der Waals surface area contributed by atoms with Crippen LogP contribution in [0.1, 0.15) is 11.4 Å². The number of benzene rings is 3. The number of hydrogen-bond donors (Lipinski definition) is 0. The van der Waals surface area contributed by atoms with Gasteiger partial charge in [-0.05, 0) is 42.0 Å². The number of para-hydroxylation sites is 3. The van der Waals surface area contributed by atoms with Gasteiger partial charge in [0.25, 0.3) is 0 Å². The van der Waals surface area contributed by atoms with Crippen LogP contribution in [0.4, 0.5) is 0 Å². The van der Waals surface area contributed by atoms with E-state index in [0.717, 1.165) is 33.9 Å². The lowest BCUT2D eigenvalue weighted by atomic mass is 10.2. The van der Waals surface area contributed by atoms with Crippen molar-refractivity contribution in [1.82, 2.24) is 9.55 Å². The van der Waals surface area contributed by atoms with Crippen LogP contribution in [0.15, 0.2) is 72.8 Å². The van der Waals surface area contributed by atoms with Gasteiger partial charge in [-0.15, -0.1) is 0 Å². The molecule has 0 N–H and O–H groups in total. The van der Waals surface area contributed by atoms with E-state index in [2.05, 4.69) is 10.6 Å². The molecule has 0 saturated heterocycles. The van der Waals surface area contributed by atoms with E-state index >= 15 is 0 Å². The lowest BCUT2D eigenvalue weighted by Crippen LogP contribution is -2.08. The Morgan fingerprint density at radius 1 is 0.821 bits per heavy atom. The van der Waals surface area contributed by atoms with Gasteiger partial charge in [0, 0.05) is 6.54 Å². The fourth-order valence-corrected chi connectivity index (χ4v) is 3.24. The zero-order valence-corrected chi connectivity index (χ0v) is 16.0. The summed E-state index contributed by atoms with van der Waals surface area (Å²) in [5.41, 5.74) is 3.13. The van der Waals surface area contributed by atoms with Crippen molar-refractivity contribution in [3.63, 3.8) is 0 Å². The summed E-state index contributed by atoms with van der Waals surface area (Å²) >= 11 is 0. The van der Waals surface area contributed by atoms with Gasteiger partial charge >= 0.3 is 0 Å². The van der Waals surface area contributed by atoms with E-state index in [1.807, 2.05) is 66.7 Å². The highest BCUT2D eigenvalue weighted by Gasteiger charge is 2.13. The molecule has 1 heterocycles. The normalized spacial score (nSPS) is 10.8. The van der Waals surface area contributed by atoms with E-state index in [9.17, 15) is 0 Å². The van der Waals surface area contributed by atoms with Crippen molar-refractivity contribution in [2.75, 3.05) is 14.2 Å². The van der Waals surface area contributed by atoms with Crippen LogP contribution >= 0.6 is 0 Å². The summed E-state index contributed by atoms with van der Waals surface area (Å²) in [4.78, 5) is 4.78. The van der Waals surface area contributed by atoms with Crippen LogP contribution in [0.3, 0.4) is 0 Å². The molecule has 0 aliphatic carbocycles. The maximum absolute atomic E-state index is 5.95. The number of aromatic nitrogens is 2. The molecule has 0 aliphatic heterocycles. The van der Waals surface area contributed by atoms with Crippen molar-refractivity contribution in [3.05, 3.63) is 84.2 Å². The van der Waals surface area contributed by atoms with Crippen LogP contribution < -0.4 is 14.2 Å². The predicted octanol–water partition coefficient (Wildman–Crippen LogP) is 4.68. The minimum Gasteiger partial charge on any atom is -0.493 e. The fraction of sp³-hybridized carbons (Fsp3) is 0.174. The van der Waals surface area contributed by atoms with E-state index in [0.29, 0.717) is 18.9 Å². The van der Waals surface area contributed by atoms with E-state index in [-0.39, 0.29) is 0 Å². The number of imidazole rings is 1. The Morgan fingerprint density at radius 3 is 2.36 bits per heavy atom. The minimum atomic E-state index is 0.395. The molecular formula is C23H22N2O3. The molecule has 28 heavy (non-hydrogen) atoms. The van der Waals surface area contributed by atoms with Gasteiger partial charge in [-0.25, -0.2) is 4.98 Å². The average molecular weight is 374 g/mol. The van der Waals surface area contributed by atoms with Gasteiger partial charge in [0.15, 0.2) is 11.5 Å². The number of hydrogen-bond acceptors (Lipinski definition) is 4. The van der Waals surface area contributed by atoms with Crippen molar-refractivity contribution in [2.45, 2.75) is 13.2 Å². The van der Waals surface area contributed by atoms with Gasteiger partial charge in [-0.3, -0.25) is 0 Å². The number of nitrogens with zero attached hydrogens (tertiary/aromatic N) is 2. The van der Waals surface area contributed by atoms with Gasteiger partial charge in [0.1, 0.15) is 18.2 Å². The Bertz CT molecular complexity index is 1070. The first kappa shape index (κ1) is 17.9. The summed E-state index contributed by atoms with van der Waals surface area (Å²) < 4.78 is 18.9. The van der Waals surface area contributed by atoms with Crippen LogP contribution in [-0.2, 0) is 13.2 Å². The molecular weight excluding hydrogens is 352 g/mol. The number of methoxy groups -OCH3 is 2. The maximum Gasteiger partial charge on any atom is 0.161 e. The third-order valence-electron chi connectivity index (χ3n) is 4.63. The second-order valence-corrected chi connectivity index (χ2v) is 6.39. The highest BCUT2D eigenvalue weighted by atomic mass is 16.5. The molecule has 0 radical (unpaired) electrons. The topological polar surface area (TPSA) is 45.5 Å². The zero-order valence-electron chi connectivity index (χ0n) is 16.0. The Morgan fingerprint density at radius 2 is 1.57 bits per heavy atom. The van der Waals surface area contributed by atoms with Gasteiger partial charge in [-0.2, -0.15) is 0 Å². The Labute approximate surface area is 164 Å². The van der Waals surface area contributed by atoms with Crippen molar-refractivity contribution in [2.24, 2.45) is 0 Å². The standard InChI is InChI=1S/C23H22N2O3/c1-26-21-13-12-17(14-22(21)27-2)15-25-20-11-7-6-10-19(20)24-23(25)16-28-18-8-4-3-5-9-18/h3-14H,15-16H2,1-2H3. The fourth-order valence-electron chi connectivity index (χ4n) is 3.24. The third kappa shape index (κ3) is 3.64. The quantitative estimate of drug-likeness (QED) is 0.471. The zero-order chi connectivity index (χ0) is 19.3. The second-order valence-electron chi connectivity index (χ2n) is 6.39. The monoisotopic (exact) mass is 374 g/mol. The van der Waals surface area contributed by atoms with Gasteiger partial charge in [0.2, 0.25) is 0 Å². The summed E-state index contributed by atoms with van der Waals surface area (Å²) in [6.45, 7) is 1.06. The van der Waals surface area contributed by atoms with E-state index < -0.39 is 0 Å². The smallest absolute Gasteiger partial charge is 0.161 e. The van der Waals surface area contributed by atoms with Crippen LogP contribution in [0, 0.1) is 0 Å². The summed E-state index contributed by atoms with van der Waals surface area (Å²) in [6.07, 6.45) is 0. The molecule has 4 aromatic rings. The summed E-state index contributed by atoms with van der Waals surface area (Å²) in [6, 6.07) is 23.9. The number of ether oxygens (including phenoxy) is 3. The Balaban J connectivity index is 1.67. The third-order valence-corrected chi connectivity index (χ3v) is 4.63. The molecule has 0 saturated carbocycles. The largest absolute Gasteiger partial charge is 0.493 e. The van der Waals surface area contributed by atoms with Gasteiger partial charge in [-0.1, -0.05) is 36.4 Å². The molecule has 0 bridgehead atoms. The summed E-state index contributed by atoms with van der Waals surface area (Å²) in [5.74, 6) is 3.13. The van der Waals surface area contributed by atoms with Crippen molar-refractivity contribution >= 4 is 11.0 Å². The van der Waals surface area contributed by atoms with E-state index in [4.69, 9.17) is 19.2 Å². The van der Waals surface area contributed by atoms with Crippen molar-refractivity contribution in [3.8, 4) is 17.2 Å². The first-order chi connectivity index (χ1) is 13.8. The second kappa shape index (κ2) is 8.05. The van der Waals surface area contributed by atoms with Crippen LogP contribution in [0.5, 0.6) is 17.2 Å². The maximum atomic E-state index is 5.95. The summed E-state index contributed by atoms with van der Waals surface area (Å²) in [5, 5.41) is 0. The minimum absolute atomic E-state index is 0.395. The molecule has 0 aliphatic rings. The highest BCUT2D eigenvalue weighted by molar-refractivity contribution is 5.76. The van der Waals surface area contributed by atoms with E-state index in [1.165, 1.54) is 0 Å². The molecule has 4 rings (SSSR count). The van der Waals surface area contributed by atoms with Gasteiger partial charge in [0.05, 0.1) is 25.3 Å². The lowest BCUT2D eigenvalue weighted by molar-refractivity contribution is 0.291. The predicted molar refractivity (Wildman–Crippen MR) is 109 cm³/mol. The molecule has 0 unspecified atom stereocenters.